The summed E-state index contributed by atoms with van der Waals surface area (Å²) in [6.07, 6.45) is 5.49. The van der Waals surface area contributed by atoms with Gasteiger partial charge in [0, 0.05) is 6.54 Å². The number of nitrogens with zero attached hydrogens (tertiary/aromatic N) is 1. The number of carboxylic acids is 2. The molecule has 7 heteroatoms. The first-order valence-electron chi connectivity index (χ1n) is 6.79. The summed E-state index contributed by atoms with van der Waals surface area (Å²) in [6.45, 7) is 1.30. The molecule has 0 unspecified atom stereocenters. The van der Waals surface area contributed by atoms with E-state index in [0.29, 0.717) is 6.54 Å². The molecular formula is C13H22N2O5. The van der Waals surface area contributed by atoms with Gasteiger partial charge in [0.05, 0.1) is 0 Å². The van der Waals surface area contributed by atoms with E-state index in [0.717, 1.165) is 30.6 Å². The topological polar surface area (TPSA) is 107 Å². The normalized spacial score (nSPS) is 17.2. The first kappa shape index (κ1) is 16.3. The van der Waals surface area contributed by atoms with E-state index in [9.17, 15) is 14.4 Å². The van der Waals surface area contributed by atoms with Crippen molar-refractivity contribution < 1.29 is 24.6 Å². The van der Waals surface area contributed by atoms with Crippen LogP contribution in [0.1, 0.15) is 39.0 Å². The van der Waals surface area contributed by atoms with Crippen LogP contribution in [0.3, 0.4) is 0 Å². The zero-order valence-electron chi connectivity index (χ0n) is 11.7. The van der Waals surface area contributed by atoms with Crippen molar-refractivity contribution in [1.29, 1.82) is 0 Å². The third-order valence-electron chi connectivity index (χ3n) is 3.67. The van der Waals surface area contributed by atoms with Gasteiger partial charge in [-0.05, 0) is 18.3 Å². The van der Waals surface area contributed by atoms with Crippen LogP contribution in [-0.4, -0.2) is 52.7 Å². The highest BCUT2D eigenvalue weighted by molar-refractivity contribution is 5.84. The van der Waals surface area contributed by atoms with Crippen LogP contribution in [0.4, 0.5) is 4.79 Å². The molecule has 2 amide bonds. The number of carbonyl (C=O) groups excluding carboxylic acids is 1. The number of aliphatic carboxylic acids is 2. The number of hydrogen-bond donors (Lipinski definition) is 3. The zero-order chi connectivity index (χ0) is 15.2. The fourth-order valence-corrected chi connectivity index (χ4v) is 2.51. The van der Waals surface area contributed by atoms with Crippen molar-refractivity contribution in [3.63, 3.8) is 0 Å². The number of nitrogens with one attached hydrogen (secondary N) is 1. The van der Waals surface area contributed by atoms with Gasteiger partial charge in [-0.3, -0.25) is 9.59 Å². The summed E-state index contributed by atoms with van der Waals surface area (Å²) in [5, 5.41) is 20.1. The second-order valence-electron chi connectivity index (χ2n) is 5.67. The van der Waals surface area contributed by atoms with E-state index in [4.69, 9.17) is 10.2 Å². The van der Waals surface area contributed by atoms with Crippen molar-refractivity contribution >= 4 is 18.0 Å². The number of hydrogen-bond acceptors (Lipinski definition) is 3. The molecule has 0 aromatic rings. The van der Waals surface area contributed by atoms with E-state index >= 15 is 0 Å². The molecule has 114 valence electrons. The highest BCUT2D eigenvalue weighted by Gasteiger charge is 2.28. The summed E-state index contributed by atoms with van der Waals surface area (Å²) in [4.78, 5) is 34.0. The number of amides is 2. The van der Waals surface area contributed by atoms with E-state index in [1.54, 1.807) is 0 Å². The molecule has 0 aliphatic heterocycles. The van der Waals surface area contributed by atoms with Crippen molar-refractivity contribution in [1.82, 2.24) is 10.2 Å². The highest BCUT2D eigenvalue weighted by atomic mass is 16.4. The van der Waals surface area contributed by atoms with Gasteiger partial charge in [0.15, 0.2) is 0 Å². The molecule has 1 rings (SSSR count). The zero-order valence-corrected chi connectivity index (χ0v) is 11.7. The summed E-state index contributed by atoms with van der Waals surface area (Å²) in [5.74, 6) is -2.46. The smallest absolute Gasteiger partial charge is 0.323 e. The third-order valence-corrected chi connectivity index (χ3v) is 3.67. The van der Waals surface area contributed by atoms with E-state index < -0.39 is 31.1 Å². The van der Waals surface area contributed by atoms with Crippen molar-refractivity contribution in [2.75, 3.05) is 19.6 Å². The fraction of sp³-hybridized carbons (Fsp3) is 0.769. The predicted molar refractivity (Wildman–Crippen MR) is 71.4 cm³/mol. The standard InChI is InChI=1S/C13H22N2O5/c1-13(5-3-2-4-6-13)9-14-12(20)15(7-10(16)17)8-11(18)19/h2-9H2,1H3,(H,14,20)(H,16,17)(H,18,19). The van der Waals surface area contributed by atoms with Gasteiger partial charge in [0.2, 0.25) is 0 Å². The summed E-state index contributed by atoms with van der Waals surface area (Å²) in [6, 6.07) is -0.637. The van der Waals surface area contributed by atoms with Gasteiger partial charge in [0.25, 0.3) is 0 Å². The Bertz CT molecular complexity index is 361. The van der Waals surface area contributed by atoms with Crippen LogP contribution in [0.5, 0.6) is 0 Å². The average Bonchev–Trinajstić information content (AvgIpc) is 2.35. The van der Waals surface area contributed by atoms with Crippen molar-refractivity contribution in [3.8, 4) is 0 Å². The molecule has 0 atom stereocenters. The van der Waals surface area contributed by atoms with Gasteiger partial charge in [-0.1, -0.05) is 26.2 Å². The Morgan fingerprint density at radius 1 is 1.05 bits per heavy atom. The molecule has 7 nitrogen and oxygen atoms in total. The molecule has 0 radical (unpaired) electrons. The van der Waals surface area contributed by atoms with E-state index in [1.807, 2.05) is 0 Å². The lowest BCUT2D eigenvalue weighted by Gasteiger charge is -2.34. The lowest BCUT2D eigenvalue weighted by Crippen LogP contribution is -2.48. The van der Waals surface area contributed by atoms with Gasteiger partial charge in [0.1, 0.15) is 13.1 Å². The Kier molecular flexibility index (Phi) is 5.79. The molecule has 1 aliphatic carbocycles. The molecular weight excluding hydrogens is 264 g/mol. The maximum atomic E-state index is 11.9. The Morgan fingerprint density at radius 2 is 1.55 bits per heavy atom. The van der Waals surface area contributed by atoms with Gasteiger partial charge in [-0.25, -0.2) is 4.79 Å². The SMILES string of the molecule is CC1(CNC(=O)N(CC(=O)O)CC(=O)O)CCCCC1. The Hall–Kier alpha value is -1.79. The van der Waals surface area contributed by atoms with Crippen molar-refractivity contribution in [2.45, 2.75) is 39.0 Å². The van der Waals surface area contributed by atoms with Gasteiger partial charge < -0.3 is 20.4 Å². The van der Waals surface area contributed by atoms with E-state index in [2.05, 4.69) is 12.2 Å². The summed E-state index contributed by atoms with van der Waals surface area (Å²) in [7, 11) is 0. The van der Waals surface area contributed by atoms with Crippen molar-refractivity contribution in [2.24, 2.45) is 5.41 Å². The number of carboxylic acid groups (broad SMARTS) is 2. The monoisotopic (exact) mass is 286 g/mol. The molecule has 0 aromatic carbocycles. The molecule has 0 bridgehead atoms. The summed E-state index contributed by atoms with van der Waals surface area (Å²) in [5.41, 5.74) is 0.0199. The van der Waals surface area contributed by atoms with Crippen molar-refractivity contribution in [3.05, 3.63) is 0 Å². The van der Waals surface area contributed by atoms with Crippen LogP contribution in [0, 0.1) is 5.41 Å². The lowest BCUT2D eigenvalue weighted by atomic mass is 9.76. The third kappa shape index (κ3) is 5.46. The predicted octanol–water partition coefficient (Wildman–Crippen LogP) is 1.14. The Balaban J connectivity index is 2.52. The Labute approximate surface area is 117 Å². The van der Waals surface area contributed by atoms with E-state index in [-0.39, 0.29) is 5.41 Å². The number of carbonyl (C=O) groups is 3. The minimum absolute atomic E-state index is 0.0199. The maximum absolute atomic E-state index is 11.9. The largest absolute Gasteiger partial charge is 0.480 e. The minimum atomic E-state index is -1.23. The summed E-state index contributed by atoms with van der Waals surface area (Å²) >= 11 is 0. The number of urea groups is 1. The first-order chi connectivity index (χ1) is 9.32. The summed E-state index contributed by atoms with van der Waals surface area (Å²) < 4.78 is 0. The Morgan fingerprint density at radius 3 is 2.00 bits per heavy atom. The molecule has 0 heterocycles. The quantitative estimate of drug-likeness (QED) is 0.678. The van der Waals surface area contributed by atoms with Crippen LogP contribution in [0.2, 0.25) is 0 Å². The molecule has 1 aliphatic rings. The second kappa shape index (κ2) is 7.12. The van der Waals surface area contributed by atoms with Crippen LogP contribution >= 0.6 is 0 Å². The highest BCUT2D eigenvalue weighted by Crippen LogP contribution is 2.34. The van der Waals surface area contributed by atoms with E-state index in [1.165, 1.54) is 6.42 Å². The molecule has 20 heavy (non-hydrogen) atoms. The van der Waals surface area contributed by atoms with Crippen LogP contribution < -0.4 is 5.32 Å². The van der Waals surface area contributed by atoms with Gasteiger partial charge in [-0.15, -0.1) is 0 Å². The first-order valence-corrected chi connectivity index (χ1v) is 6.79. The molecule has 0 saturated heterocycles. The second-order valence-corrected chi connectivity index (χ2v) is 5.67. The molecule has 1 saturated carbocycles. The van der Waals surface area contributed by atoms with Crippen LogP contribution in [-0.2, 0) is 9.59 Å². The molecule has 1 fully saturated rings. The maximum Gasteiger partial charge on any atom is 0.323 e. The fourth-order valence-electron chi connectivity index (χ4n) is 2.51. The average molecular weight is 286 g/mol. The molecule has 0 spiro atoms. The number of rotatable bonds is 6. The minimum Gasteiger partial charge on any atom is -0.480 e. The van der Waals surface area contributed by atoms with Crippen LogP contribution in [0.15, 0.2) is 0 Å². The lowest BCUT2D eigenvalue weighted by molar-refractivity contribution is -0.140. The van der Waals surface area contributed by atoms with Gasteiger partial charge in [-0.2, -0.15) is 0 Å². The van der Waals surface area contributed by atoms with Gasteiger partial charge >= 0.3 is 18.0 Å². The van der Waals surface area contributed by atoms with Crippen LogP contribution in [0.25, 0.3) is 0 Å². The molecule has 3 N–H and O–H groups in total. The molecule has 0 aromatic heterocycles.